The number of esters is 1. The quantitative estimate of drug-likeness (QED) is 0.334. The number of carbonyl (C=O) groups excluding carboxylic acids is 1. The fourth-order valence-corrected chi connectivity index (χ4v) is 4.71. The van der Waals surface area contributed by atoms with Crippen LogP contribution in [0.15, 0.2) is 36.4 Å². The first-order valence-electron chi connectivity index (χ1n) is 12.6. The van der Waals surface area contributed by atoms with Gasteiger partial charge in [-0.3, -0.25) is 4.90 Å². The Labute approximate surface area is 212 Å². The van der Waals surface area contributed by atoms with Crippen LogP contribution in [-0.4, -0.2) is 54.4 Å². The Hall–Kier alpha value is -2.61. The first-order chi connectivity index (χ1) is 17.2. The molecular formula is C29H37F2NO4. The van der Waals surface area contributed by atoms with Crippen LogP contribution in [0.4, 0.5) is 8.78 Å². The minimum Gasteiger partial charge on any atom is -0.463 e. The molecule has 7 heteroatoms. The van der Waals surface area contributed by atoms with Crippen LogP contribution < -0.4 is 0 Å². The zero-order valence-electron chi connectivity index (χ0n) is 21.6. The van der Waals surface area contributed by atoms with Gasteiger partial charge in [0.2, 0.25) is 0 Å². The fraction of sp³-hybridized carbons (Fsp3) is 0.483. The zero-order chi connectivity index (χ0) is 26.2. The third-order valence-electron chi connectivity index (χ3n) is 6.78. The lowest BCUT2D eigenvalue weighted by Crippen LogP contribution is -2.39. The number of ether oxygens (including phenoxy) is 2. The molecule has 5 nitrogen and oxygen atoms in total. The summed E-state index contributed by atoms with van der Waals surface area (Å²) in [5.74, 6) is -1.06. The summed E-state index contributed by atoms with van der Waals surface area (Å²) < 4.78 is 39.1. The number of benzene rings is 2. The van der Waals surface area contributed by atoms with E-state index in [1.54, 1.807) is 45.0 Å². The molecule has 1 saturated heterocycles. The second-order valence-corrected chi connectivity index (χ2v) is 9.47. The number of carbonyl (C=O) groups is 1. The van der Waals surface area contributed by atoms with Gasteiger partial charge in [-0.05, 0) is 99.5 Å². The second kappa shape index (κ2) is 13.1. The molecule has 2 aromatic carbocycles. The summed E-state index contributed by atoms with van der Waals surface area (Å²) in [6.45, 7) is 8.68. The number of hydrogen-bond acceptors (Lipinski definition) is 5. The molecule has 1 aliphatic rings. The van der Waals surface area contributed by atoms with Crippen LogP contribution in [0.25, 0.3) is 6.08 Å². The fourth-order valence-electron chi connectivity index (χ4n) is 4.71. The lowest BCUT2D eigenvalue weighted by molar-refractivity contribution is -0.137. The molecule has 36 heavy (non-hydrogen) atoms. The van der Waals surface area contributed by atoms with Crippen molar-refractivity contribution in [3.05, 3.63) is 75.9 Å². The first-order valence-corrected chi connectivity index (χ1v) is 12.6. The predicted molar refractivity (Wildman–Crippen MR) is 137 cm³/mol. The van der Waals surface area contributed by atoms with E-state index >= 15 is 0 Å². The van der Waals surface area contributed by atoms with Crippen molar-refractivity contribution in [3.63, 3.8) is 0 Å². The summed E-state index contributed by atoms with van der Waals surface area (Å²) in [7, 11) is 0. The Kier molecular flexibility index (Phi) is 10.2. The molecule has 1 aliphatic heterocycles. The van der Waals surface area contributed by atoms with E-state index in [1.165, 1.54) is 12.1 Å². The highest BCUT2D eigenvalue weighted by Gasteiger charge is 2.27. The molecule has 0 radical (unpaired) electrons. The second-order valence-electron chi connectivity index (χ2n) is 9.47. The first kappa shape index (κ1) is 28.0. The minimum absolute atomic E-state index is 0.112. The zero-order valence-corrected chi connectivity index (χ0v) is 21.6. The summed E-state index contributed by atoms with van der Waals surface area (Å²) in [6, 6.07) is 8.65. The Bertz CT molecular complexity index is 1070. The van der Waals surface area contributed by atoms with E-state index in [9.17, 15) is 18.7 Å². The molecule has 196 valence electrons. The average molecular weight is 502 g/mol. The number of rotatable bonds is 11. The Morgan fingerprint density at radius 3 is 2.72 bits per heavy atom. The molecule has 1 N–H and O–H groups in total. The number of β-amino-alcohol motifs (C(OH)–C–C–N with tert-alkyl or cyclic N) is 1. The highest BCUT2D eigenvalue weighted by Crippen LogP contribution is 2.28. The molecule has 0 spiro atoms. The van der Waals surface area contributed by atoms with Crippen molar-refractivity contribution in [1.29, 1.82) is 0 Å². The summed E-state index contributed by atoms with van der Waals surface area (Å²) in [5, 5.41) is 10.7. The van der Waals surface area contributed by atoms with E-state index in [0.717, 1.165) is 36.9 Å². The highest BCUT2D eigenvalue weighted by atomic mass is 19.1. The van der Waals surface area contributed by atoms with Crippen LogP contribution in [0.5, 0.6) is 0 Å². The third-order valence-corrected chi connectivity index (χ3v) is 6.78. The van der Waals surface area contributed by atoms with Crippen molar-refractivity contribution < 1.29 is 28.2 Å². The van der Waals surface area contributed by atoms with Crippen LogP contribution in [0.3, 0.4) is 0 Å². The van der Waals surface area contributed by atoms with Crippen molar-refractivity contribution in [1.82, 2.24) is 4.90 Å². The standard InChI is InChI=1S/C29H37F2NO4/c1-5-35-29(34)13-11-25-20(3)27(30)12-10-26(25)21(4)36-18-24(33)17-32-14-6-7-23(32)15-22-9-8-19(2)28(31)16-22/h8-13,16,21,23-24,33H,5-7,14-15,17-18H2,1-4H3/t21-,23+,24-/m1/s1. The van der Waals surface area contributed by atoms with Crippen molar-refractivity contribution in [2.24, 2.45) is 0 Å². The van der Waals surface area contributed by atoms with Crippen molar-refractivity contribution in [2.75, 3.05) is 26.3 Å². The van der Waals surface area contributed by atoms with Crippen LogP contribution >= 0.6 is 0 Å². The lowest BCUT2D eigenvalue weighted by atomic mass is 9.97. The van der Waals surface area contributed by atoms with Gasteiger partial charge < -0.3 is 14.6 Å². The van der Waals surface area contributed by atoms with Gasteiger partial charge in [0, 0.05) is 18.7 Å². The van der Waals surface area contributed by atoms with Gasteiger partial charge in [-0.2, -0.15) is 0 Å². The molecule has 0 bridgehead atoms. The number of likely N-dealkylation sites (tertiary alicyclic amines) is 1. The molecule has 3 atom stereocenters. The Morgan fingerprint density at radius 2 is 2.00 bits per heavy atom. The topological polar surface area (TPSA) is 59.0 Å². The van der Waals surface area contributed by atoms with E-state index in [0.29, 0.717) is 23.2 Å². The molecule has 0 amide bonds. The van der Waals surface area contributed by atoms with Gasteiger partial charge in [-0.15, -0.1) is 0 Å². The van der Waals surface area contributed by atoms with E-state index in [1.807, 2.05) is 13.0 Å². The summed E-state index contributed by atoms with van der Waals surface area (Å²) in [4.78, 5) is 14.0. The van der Waals surface area contributed by atoms with Crippen LogP contribution in [-0.2, 0) is 20.7 Å². The molecule has 1 fully saturated rings. The predicted octanol–water partition coefficient (Wildman–Crippen LogP) is 5.30. The van der Waals surface area contributed by atoms with Crippen molar-refractivity contribution in [3.8, 4) is 0 Å². The Balaban J connectivity index is 1.59. The number of nitrogens with zero attached hydrogens (tertiary/aromatic N) is 1. The molecule has 1 heterocycles. The number of aliphatic hydroxyl groups excluding tert-OH is 1. The van der Waals surface area contributed by atoms with Gasteiger partial charge in [-0.1, -0.05) is 18.2 Å². The van der Waals surface area contributed by atoms with E-state index in [-0.39, 0.29) is 30.9 Å². The van der Waals surface area contributed by atoms with Crippen molar-refractivity contribution >= 4 is 12.0 Å². The maximum atomic E-state index is 14.2. The van der Waals surface area contributed by atoms with E-state index in [2.05, 4.69) is 4.90 Å². The highest BCUT2D eigenvalue weighted by molar-refractivity contribution is 5.87. The van der Waals surface area contributed by atoms with Crippen LogP contribution in [0, 0.1) is 25.5 Å². The van der Waals surface area contributed by atoms with Crippen LogP contribution in [0.2, 0.25) is 0 Å². The van der Waals surface area contributed by atoms with Gasteiger partial charge in [0.1, 0.15) is 11.6 Å². The number of halogens is 2. The molecule has 0 unspecified atom stereocenters. The smallest absolute Gasteiger partial charge is 0.330 e. The number of aliphatic hydroxyl groups is 1. The minimum atomic E-state index is -0.706. The van der Waals surface area contributed by atoms with Gasteiger partial charge >= 0.3 is 5.97 Å². The van der Waals surface area contributed by atoms with Gasteiger partial charge in [0.15, 0.2) is 0 Å². The Morgan fingerprint density at radius 1 is 1.22 bits per heavy atom. The van der Waals surface area contributed by atoms with Gasteiger partial charge in [0.05, 0.1) is 25.4 Å². The SMILES string of the molecule is CCOC(=O)C=Cc1c([C@@H](C)OC[C@H](O)CN2CCC[C@H]2Cc2ccc(C)c(F)c2)ccc(F)c1C. The molecule has 3 rings (SSSR count). The maximum Gasteiger partial charge on any atom is 0.330 e. The largest absolute Gasteiger partial charge is 0.463 e. The molecule has 0 saturated carbocycles. The molecular weight excluding hydrogens is 464 g/mol. The monoisotopic (exact) mass is 501 g/mol. The number of hydrogen-bond donors (Lipinski definition) is 1. The normalized spacial score (nSPS) is 18.0. The maximum absolute atomic E-state index is 14.2. The van der Waals surface area contributed by atoms with Gasteiger partial charge in [0.25, 0.3) is 0 Å². The summed E-state index contributed by atoms with van der Waals surface area (Å²) in [6.07, 6.45) is 4.48. The average Bonchev–Trinajstić information content (AvgIpc) is 3.27. The van der Waals surface area contributed by atoms with Crippen LogP contribution in [0.1, 0.15) is 60.6 Å². The summed E-state index contributed by atoms with van der Waals surface area (Å²) in [5.41, 5.74) is 3.30. The van der Waals surface area contributed by atoms with E-state index < -0.39 is 18.2 Å². The molecule has 0 aromatic heterocycles. The van der Waals surface area contributed by atoms with E-state index in [4.69, 9.17) is 9.47 Å². The van der Waals surface area contributed by atoms with Gasteiger partial charge in [-0.25, -0.2) is 13.6 Å². The van der Waals surface area contributed by atoms with Crippen molar-refractivity contribution in [2.45, 2.75) is 65.2 Å². The third kappa shape index (κ3) is 7.45. The number of aryl methyl sites for hydroxylation is 1. The summed E-state index contributed by atoms with van der Waals surface area (Å²) >= 11 is 0. The molecule has 2 aromatic rings. The lowest BCUT2D eigenvalue weighted by Gasteiger charge is -2.28. The molecule has 0 aliphatic carbocycles.